The largest absolute Gasteiger partial charge is 0.497 e. The van der Waals surface area contributed by atoms with Crippen molar-refractivity contribution < 1.29 is 9.53 Å². The molecule has 3 rings (SSSR count). The maximum atomic E-state index is 12.8. The van der Waals surface area contributed by atoms with Gasteiger partial charge < -0.3 is 19.5 Å². The van der Waals surface area contributed by atoms with Crippen LogP contribution >= 0.6 is 0 Å². The molecule has 2 heterocycles. The number of methoxy groups -OCH3 is 1. The summed E-state index contributed by atoms with van der Waals surface area (Å²) in [6.45, 7) is 7.49. The summed E-state index contributed by atoms with van der Waals surface area (Å²) in [6.07, 6.45) is 2.07. The SMILES string of the molecule is COc1ccc(C2c3cccn3CCN2C(=O)NC(C)(C)C)cc1. The van der Waals surface area contributed by atoms with E-state index in [-0.39, 0.29) is 17.6 Å². The molecule has 1 aromatic heterocycles. The Morgan fingerprint density at radius 2 is 1.88 bits per heavy atom. The molecule has 5 heteroatoms. The molecular formula is C19H25N3O2. The van der Waals surface area contributed by atoms with Gasteiger partial charge in [0.2, 0.25) is 0 Å². The minimum Gasteiger partial charge on any atom is -0.497 e. The quantitative estimate of drug-likeness (QED) is 0.919. The van der Waals surface area contributed by atoms with Crippen molar-refractivity contribution in [1.29, 1.82) is 0 Å². The van der Waals surface area contributed by atoms with Gasteiger partial charge in [-0.15, -0.1) is 0 Å². The number of carbonyl (C=O) groups is 1. The summed E-state index contributed by atoms with van der Waals surface area (Å²) in [5.41, 5.74) is 1.95. The Kier molecular flexibility index (Phi) is 4.26. The Bertz CT molecular complexity index is 713. The van der Waals surface area contributed by atoms with Crippen LogP contribution in [0.4, 0.5) is 4.79 Å². The summed E-state index contributed by atoms with van der Waals surface area (Å²) >= 11 is 0. The second-order valence-electron chi connectivity index (χ2n) is 7.18. The van der Waals surface area contributed by atoms with Gasteiger partial charge in [0.05, 0.1) is 13.2 Å². The number of nitrogens with one attached hydrogen (secondary N) is 1. The number of nitrogens with zero attached hydrogens (tertiary/aromatic N) is 2. The molecule has 0 saturated carbocycles. The Labute approximate surface area is 143 Å². The van der Waals surface area contributed by atoms with E-state index >= 15 is 0 Å². The van der Waals surface area contributed by atoms with E-state index in [2.05, 4.69) is 22.1 Å². The molecule has 5 nitrogen and oxygen atoms in total. The van der Waals surface area contributed by atoms with Crippen molar-refractivity contribution in [3.63, 3.8) is 0 Å². The van der Waals surface area contributed by atoms with E-state index in [0.717, 1.165) is 23.6 Å². The highest BCUT2D eigenvalue weighted by Crippen LogP contribution is 2.33. The van der Waals surface area contributed by atoms with Crippen molar-refractivity contribution in [2.45, 2.75) is 38.9 Å². The zero-order valence-electron chi connectivity index (χ0n) is 14.7. The van der Waals surface area contributed by atoms with E-state index in [0.29, 0.717) is 6.54 Å². The number of aromatic nitrogens is 1. The average molecular weight is 327 g/mol. The summed E-state index contributed by atoms with van der Waals surface area (Å²) < 4.78 is 7.47. The Morgan fingerprint density at radius 1 is 1.17 bits per heavy atom. The zero-order chi connectivity index (χ0) is 17.3. The van der Waals surface area contributed by atoms with Gasteiger partial charge >= 0.3 is 6.03 Å². The van der Waals surface area contributed by atoms with Crippen LogP contribution < -0.4 is 10.1 Å². The summed E-state index contributed by atoms with van der Waals surface area (Å²) in [6, 6.07) is 11.9. The fraction of sp³-hybridized carbons (Fsp3) is 0.421. The first-order chi connectivity index (χ1) is 11.4. The highest BCUT2D eigenvalue weighted by molar-refractivity contribution is 5.76. The number of hydrogen-bond acceptors (Lipinski definition) is 2. The third-order valence-corrected chi connectivity index (χ3v) is 4.21. The van der Waals surface area contributed by atoms with Crippen LogP contribution in [0, 0.1) is 0 Å². The first-order valence-corrected chi connectivity index (χ1v) is 8.27. The standard InChI is InChI=1S/C19H25N3O2/c1-19(2,3)20-18(23)22-13-12-21-11-5-6-16(21)17(22)14-7-9-15(24-4)10-8-14/h5-11,17H,12-13H2,1-4H3,(H,20,23). The molecule has 24 heavy (non-hydrogen) atoms. The van der Waals surface area contributed by atoms with Crippen LogP contribution in [0.15, 0.2) is 42.6 Å². The van der Waals surface area contributed by atoms with Gasteiger partial charge in [-0.25, -0.2) is 4.79 Å². The van der Waals surface area contributed by atoms with Crippen molar-refractivity contribution in [2.24, 2.45) is 0 Å². The summed E-state index contributed by atoms with van der Waals surface area (Å²) in [5.74, 6) is 0.815. The molecule has 0 bridgehead atoms. The third-order valence-electron chi connectivity index (χ3n) is 4.21. The number of hydrogen-bond donors (Lipinski definition) is 1. The molecule has 0 fully saturated rings. The van der Waals surface area contributed by atoms with Crippen LogP contribution in [0.25, 0.3) is 0 Å². The summed E-state index contributed by atoms with van der Waals surface area (Å²) in [5, 5.41) is 3.09. The van der Waals surface area contributed by atoms with Gasteiger partial charge in [0.1, 0.15) is 5.75 Å². The van der Waals surface area contributed by atoms with Gasteiger partial charge in [-0.05, 0) is 50.6 Å². The number of amides is 2. The lowest BCUT2D eigenvalue weighted by molar-refractivity contribution is 0.161. The zero-order valence-corrected chi connectivity index (χ0v) is 14.7. The number of fused-ring (bicyclic) bond motifs is 1. The first-order valence-electron chi connectivity index (χ1n) is 8.27. The number of rotatable bonds is 2. The summed E-state index contributed by atoms with van der Waals surface area (Å²) in [7, 11) is 1.66. The lowest BCUT2D eigenvalue weighted by Crippen LogP contribution is -2.52. The monoisotopic (exact) mass is 327 g/mol. The van der Waals surface area contributed by atoms with Gasteiger partial charge in [-0.2, -0.15) is 0 Å². The minimum atomic E-state index is -0.263. The highest BCUT2D eigenvalue weighted by atomic mass is 16.5. The van der Waals surface area contributed by atoms with Crippen molar-refractivity contribution in [2.75, 3.05) is 13.7 Å². The van der Waals surface area contributed by atoms with Crippen LogP contribution in [0.3, 0.4) is 0 Å². The molecule has 1 aliphatic heterocycles. The van der Waals surface area contributed by atoms with E-state index < -0.39 is 0 Å². The summed E-state index contributed by atoms with van der Waals surface area (Å²) in [4.78, 5) is 14.8. The van der Waals surface area contributed by atoms with Crippen molar-refractivity contribution in [3.05, 3.63) is 53.9 Å². The van der Waals surface area contributed by atoms with Crippen LogP contribution in [0.5, 0.6) is 5.75 Å². The normalized spacial score (nSPS) is 17.3. The molecular weight excluding hydrogens is 302 g/mol. The van der Waals surface area contributed by atoms with Crippen LogP contribution in [0.2, 0.25) is 0 Å². The maximum Gasteiger partial charge on any atom is 0.318 e. The van der Waals surface area contributed by atoms with Crippen LogP contribution in [-0.2, 0) is 6.54 Å². The average Bonchev–Trinajstić information content (AvgIpc) is 3.01. The second-order valence-corrected chi connectivity index (χ2v) is 7.18. The fourth-order valence-electron chi connectivity index (χ4n) is 3.13. The third kappa shape index (κ3) is 3.25. The molecule has 0 aliphatic carbocycles. The van der Waals surface area contributed by atoms with Crippen molar-refractivity contribution >= 4 is 6.03 Å². The molecule has 0 radical (unpaired) electrons. The Hall–Kier alpha value is -2.43. The number of carbonyl (C=O) groups excluding carboxylic acids is 1. The predicted molar refractivity (Wildman–Crippen MR) is 94.3 cm³/mol. The van der Waals surface area contributed by atoms with Gasteiger partial charge in [0.15, 0.2) is 0 Å². The first kappa shape index (κ1) is 16.4. The van der Waals surface area contributed by atoms with E-state index in [4.69, 9.17) is 4.74 Å². The van der Waals surface area contributed by atoms with Crippen LogP contribution in [0.1, 0.15) is 38.1 Å². The maximum absolute atomic E-state index is 12.8. The molecule has 0 saturated heterocycles. The van der Waals surface area contributed by atoms with Gasteiger partial charge in [0, 0.05) is 30.5 Å². The van der Waals surface area contributed by atoms with Crippen LogP contribution in [-0.4, -0.2) is 34.7 Å². The molecule has 1 unspecified atom stereocenters. The van der Waals surface area contributed by atoms with Gasteiger partial charge in [-0.3, -0.25) is 0 Å². The van der Waals surface area contributed by atoms with Crippen molar-refractivity contribution in [3.8, 4) is 5.75 Å². The molecule has 128 valence electrons. The van der Waals surface area contributed by atoms with Gasteiger partial charge in [-0.1, -0.05) is 12.1 Å². The topological polar surface area (TPSA) is 46.5 Å². The number of benzene rings is 1. The van der Waals surface area contributed by atoms with E-state index in [9.17, 15) is 4.79 Å². The molecule has 2 aromatic rings. The molecule has 1 N–H and O–H groups in total. The smallest absolute Gasteiger partial charge is 0.318 e. The highest BCUT2D eigenvalue weighted by Gasteiger charge is 2.33. The molecule has 1 aromatic carbocycles. The molecule has 0 spiro atoms. The fourth-order valence-corrected chi connectivity index (χ4v) is 3.13. The number of urea groups is 1. The van der Waals surface area contributed by atoms with E-state index in [1.54, 1.807) is 7.11 Å². The lowest BCUT2D eigenvalue weighted by Gasteiger charge is -2.39. The van der Waals surface area contributed by atoms with Crippen molar-refractivity contribution in [1.82, 2.24) is 14.8 Å². The second kappa shape index (κ2) is 6.23. The lowest BCUT2D eigenvalue weighted by atomic mass is 10.00. The molecule has 1 atom stereocenters. The Balaban J connectivity index is 1.97. The minimum absolute atomic E-state index is 0.0317. The van der Waals surface area contributed by atoms with E-state index in [1.807, 2.05) is 56.0 Å². The Morgan fingerprint density at radius 3 is 2.50 bits per heavy atom. The van der Waals surface area contributed by atoms with Gasteiger partial charge in [0.25, 0.3) is 0 Å². The molecule has 2 amide bonds. The number of ether oxygens (including phenoxy) is 1. The predicted octanol–water partition coefficient (Wildman–Crippen LogP) is 3.41. The molecule has 1 aliphatic rings. The van der Waals surface area contributed by atoms with E-state index in [1.165, 1.54) is 0 Å².